The number of carbonyl (C=O) groups is 2. The summed E-state index contributed by atoms with van der Waals surface area (Å²) < 4.78 is 0. The molecule has 0 saturated heterocycles. The third kappa shape index (κ3) is 4.53. The maximum Gasteiger partial charge on any atom is 0.347 e. The van der Waals surface area contributed by atoms with Gasteiger partial charge in [0.2, 0.25) is 0 Å². The lowest BCUT2D eigenvalue weighted by Gasteiger charge is -2.04. The molecule has 0 radical (unpaired) electrons. The molecule has 2 amide bonds. The Morgan fingerprint density at radius 3 is 2.72 bits per heavy atom. The van der Waals surface area contributed by atoms with Crippen molar-refractivity contribution in [2.24, 2.45) is 0 Å². The summed E-state index contributed by atoms with van der Waals surface area (Å²) in [6, 6.07) is -0.270. The van der Waals surface area contributed by atoms with Crippen LogP contribution in [-0.2, 0) is 6.54 Å². The van der Waals surface area contributed by atoms with E-state index in [2.05, 4.69) is 15.6 Å². The fourth-order valence-electron chi connectivity index (χ4n) is 1.21. The highest BCUT2D eigenvalue weighted by molar-refractivity contribution is 7.98. The molecule has 0 aliphatic rings. The lowest BCUT2D eigenvalue weighted by Crippen LogP contribution is -2.36. The number of thioether (sulfide) groups is 1. The number of urea groups is 1. The number of aromatic nitrogens is 1. The summed E-state index contributed by atoms with van der Waals surface area (Å²) in [6.45, 7) is 2.48. The number of aryl methyl sites for hydroxylation is 1. The van der Waals surface area contributed by atoms with Gasteiger partial charge >= 0.3 is 12.0 Å². The van der Waals surface area contributed by atoms with Crippen molar-refractivity contribution < 1.29 is 14.7 Å². The van der Waals surface area contributed by atoms with Gasteiger partial charge in [0.05, 0.1) is 12.2 Å². The van der Waals surface area contributed by atoms with Crippen molar-refractivity contribution in [1.82, 2.24) is 15.6 Å². The van der Waals surface area contributed by atoms with E-state index in [1.807, 2.05) is 6.26 Å². The highest BCUT2D eigenvalue weighted by Gasteiger charge is 2.14. The van der Waals surface area contributed by atoms with Crippen molar-refractivity contribution in [2.75, 3.05) is 18.6 Å². The Bertz CT molecular complexity index is 434. The number of carboxylic acid groups (broad SMARTS) is 1. The second-order valence-corrected chi connectivity index (χ2v) is 5.50. The third-order valence-electron chi connectivity index (χ3n) is 2.03. The third-order valence-corrected chi connectivity index (χ3v) is 3.78. The van der Waals surface area contributed by atoms with Crippen LogP contribution in [0, 0.1) is 6.92 Å². The lowest BCUT2D eigenvalue weighted by atomic mass is 10.4. The number of rotatable bonds is 6. The predicted molar refractivity (Wildman–Crippen MR) is 72.4 cm³/mol. The minimum atomic E-state index is -0.985. The van der Waals surface area contributed by atoms with Crippen molar-refractivity contribution in [3.8, 4) is 0 Å². The first-order chi connectivity index (χ1) is 8.54. The number of hydrogen-bond acceptors (Lipinski definition) is 5. The van der Waals surface area contributed by atoms with Gasteiger partial charge in [-0.15, -0.1) is 11.3 Å². The Kier molecular flexibility index (Phi) is 5.93. The van der Waals surface area contributed by atoms with E-state index >= 15 is 0 Å². The molecule has 0 aliphatic heterocycles. The summed E-state index contributed by atoms with van der Waals surface area (Å²) in [5.41, 5.74) is 0.479. The maximum atomic E-state index is 11.3. The van der Waals surface area contributed by atoms with Crippen LogP contribution in [0.4, 0.5) is 4.79 Å². The molecule has 0 aliphatic carbocycles. The molecule has 0 aromatic carbocycles. The Labute approximate surface area is 113 Å². The normalized spacial score (nSPS) is 10.1. The topological polar surface area (TPSA) is 91.3 Å². The molecular weight excluding hydrogens is 274 g/mol. The number of carboxylic acids is 1. The van der Waals surface area contributed by atoms with E-state index < -0.39 is 5.97 Å². The average molecular weight is 289 g/mol. The van der Waals surface area contributed by atoms with Gasteiger partial charge in [-0.1, -0.05) is 0 Å². The molecule has 18 heavy (non-hydrogen) atoms. The molecule has 0 fully saturated rings. The van der Waals surface area contributed by atoms with Crippen LogP contribution in [0.2, 0.25) is 0 Å². The Morgan fingerprint density at radius 2 is 2.17 bits per heavy atom. The minimum absolute atomic E-state index is 0.217. The molecule has 8 heteroatoms. The molecule has 1 heterocycles. The minimum Gasteiger partial charge on any atom is -0.477 e. The first kappa shape index (κ1) is 14.8. The molecule has 0 atom stereocenters. The summed E-state index contributed by atoms with van der Waals surface area (Å²) in [6.07, 6.45) is 1.96. The van der Waals surface area contributed by atoms with E-state index in [-0.39, 0.29) is 17.5 Å². The number of thiazole rings is 1. The maximum absolute atomic E-state index is 11.3. The first-order valence-electron chi connectivity index (χ1n) is 5.24. The van der Waals surface area contributed by atoms with Crippen molar-refractivity contribution in [3.63, 3.8) is 0 Å². The zero-order valence-electron chi connectivity index (χ0n) is 10.1. The van der Waals surface area contributed by atoms with Gasteiger partial charge in [0, 0.05) is 12.3 Å². The van der Waals surface area contributed by atoms with Gasteiger partial charge < -0.3 is 15.7 Å². The highest BCUT2D eigenvalue weighted by Crippen LogP contribution is 2.17. The molecule has 0 saturated carbocycles. The van der Waals surface area contributed by atoms with Gasteiger partial charge in [-0.2, -0.15) is 11.8 Å². The number of aromatic carboxylic acids is 1. The van der Waals surface area contributed by atoms with Crippen molar-refractivity contribution in [1.29, 1.82) is 0 Å². The molecule has 0 bridgehead atoms. The van der Waals surface area contributed by atoms with Crippen molar-refractivity contribution in [3.05, 3.63) is 15.6 Å². The predicted octanol–water partition coefficient (Wildman–Crippen LogP) is 1.31. The second kappa shape index (κ2) is 7.22. The molecule has 0 spiro atoms. The van der Waals surface area contributed by atoms with Gasteiger partial charge in [-0.3, -0.25) is 0 Å². The quantitative estimate of drug-likeness (QED) is 0.687. The molecular formula is C10H15N3O3S2. The van der Waals surface area contributed by atoms with Crippen LogP contribution < -0.4 is 10.6 Å². The summed E-state index contributed by atoms with van der Waals surface area (Å²) in [4.78, 5) is 26.5. The van der Waals surface area contributed by atoms with E-state index in [4.69, 9.17) is 5.11 Å². The summed E-state index contributed by atoms with van der Waals surface area (Å²) in [5, 5.41) is 14.8. The van der Waals surface area contributed by atoms with E-state index in [1.165, 1.54) is 0 Å². The Balaban J connectivity index is 2.41. The Hall–Kier alpha value is -1.28. The van der Waals surface area contributed by atoms with Crippen LogP contribution in [0.1, 0.15) is 20.4 Å². The number of carbonyl (C=O) groups excluding carboxylic acids is 1. The Morgan fingerprint density at radius 1 is 1.44 bits per heavy atom. The zero-order chi connectivity index (χ0) is 13.5. The van der Waals surface area contributed by atoms with E-state index in [9.17, 15) is 9.59 Å². The monoisotopic (exact) mass is 289 g/mol. The fraction of sp³-hybridized carbons (Fsp3) is 0.500. The van der Waals surface area contributed by atoms with Crippen LogP contribution in [0.5, 0.6) is 0 Å². The van der Waals surface area contributed by atoms with E-state index in [0.717, 1.165) is 17.1 Å². The SMILES string of the molecule is CSCCNC(=O)NCc1nc(C)c(C(=O)O)s1. The molecule has 1 aromatic heterocycles. The van der Waals surface area contributed by atoms with Gasteiger partial charge in [-0.25, -0.2) is 14.6 Å². The van der Waals surface area contributed by atoms with E-state index in [0.29, 0.717) is 17.2 Å². The van der Waals surface area contributed by atoms with Gasteiger partial charge in [-0.05, 0) is 13.2 Å². The lowest BCUT2D eigenvalue weighted by molar-refractivity contribution is 0.0701. The largest absolute Gasteiger partial charge is 0.477 e. The molecule has 6 nitrogen and oxygen atoms in total. The number of nitrogens with zero attached hydrogens (tertiary/aromatic N) is 1. The van der Waals surface area contributed by atoms with Crippen molar-refractivity contribution in [2.45, 2.75) is 13.5 Å². The fourth-order valence-corrected chi connectivity index (χ4v) is 2.36. The van der Waals surface area contributed by atoms with Crippen LogP contribution in [0.15, 0.2) is 0 Å². The van der Waals surface area contributed by atoms with Gasteiger partial charge in [0.25, 0.3) is 0 Å². The van der Waals surface area contributed by atoms with Crippen LogP contribution in [0.25, 0.3) is 0 Å². The molecule has 1 rings (SSSR count). The van der Waals surface area contributed by atoms with E-state index in [1.54, 1.807) is 18.7 Å². The zero-order valence-corrected chi connectivity index (χ0v) is 11.8. The molecule has 0 unspecified atom stereocenters. The summed E-state index contributed by atoms with van der Waals surface area (Å²) >= 11 is 2.73. The molecule has 3 N–H and O–H groups in total. The molecule has 100 valence electrons. The average Bonchev–Trinajstić information content (AvgIpc) is 2.68. The number of amides is 2. The molecule has 1 aromatic rings. The van der Waals surface area contributed by atoms with Crippen LogP contribution in [0.3, 0.4) is 0 Å². The number of hydrogen-bond donors (Lipinski definition) is 3. The standard InChI is InChI=1S/C10H15N3O3S2/c1-6-8(9(14)15)18-7(13-6)5-12-10(16)11-3-4-17-2/h3-5H2,1-2H3,(H,14,15)(H2,11,12,16). The van der Waals surface area contributed by atoms with Gasteiger partial charge in [0.15, 0.2) is 0 Å². The smallest absolute Gasteiger partial charge is 0.347 e. The highest BCUT2D eigenvalue weighted by atomic mass is 32.2. The summed E-state index contributed by atoms with van der Waals surface area (Å²) in [5.74, 6) is -0.131. The van der Waals surface area contributed by atoms with Crippen molar-refractivity contribution >= 4 is 35.1 Å². The first-order valence-corrected chi connectivity index (χ1v) is 7.46. The van der Waals surface area contributed by atoms with Crippen LogP contribution >= 0.6 is 23.1 Å². The second-order valence-electron chi connectivity index (χ2n) is 3.43. The van der Waals surface area contributed by atoms with Gasteiger partial charge in [0.1, 0.15) is 9.88 Å². The number of nitrogens with one attached hydrogen (secondary N) is 2. The summed E-state index contributed by atoms with van der Waals surface area (Å²) in [7, 11) is 0. The van der Waals surface area contributed by atoms with Crippen LogP contribution in [-0.4, -0.2) is 40.6 Å².